The Balaban J connectivity index is 2.18. The predicted octanol–water partition coefficient (Wildman–Crippen LogP) is 2.07. The van der Waals surface area contributed by atoms with Gasteiger partial charge in [0.2, 0.25) is 0 Å². The van der Waals surface area contributed by atoms with E-state index in [9.17, 15) is 5.11 Å². The quantitative estimate of drug-likeness (QED) is 0.663. The second kappa shape index (κ2) is 6.22. The van der Waals surface area contributed by atoms with Gasteiger partial charge in [-0.15, -0.1) is 0 Å². The van der Waals surface area contributed by atoms with Crippen LogP contribution in [0.5, 0.6) is 0 Å². The number of hydrogen-bond donors (Lipinski definition) is 2. The highest BCUT2D eigenvalue weighted by Gasteiger charge is 2.41. The first-order chi connectivity index (χ1) is 7.67. The van der Waals surface area contributed by atoms with E-state index < -0.39 is 0 Å². The van der Waals surface area contributed by atoms with Crippen molar-refractivity contribution < 1.29 is 5.11 Å². The Labute approximate surface area is 98.8 Å². The largest absolute Gasteiger partial charge is 0.392 e. The molecule has 1 rings (SSSR count). The molecule has 0 aromatic carbocycles. The molecule has 1 fully saturated rings. The van der Waals surface area contributed by atoms with Gasteiger partial charge < -0.3 is 10.4 Å². The van der Waals surface area contributed by atoms with Crippen LogP contribution >= 0.6 is 0 Å². The lowest BCUT2D eigenvalue weighted by molar-refractivity contribution is 0.100. The molecule has 1 aliphatic carbocycles. The van der Waals surface area contributed by atoms with Gasteiger partial charge in [0.15, 0.2) is 0 Å². The summed E-state index contributed by atoms with van der Waals surface area (Å²) in [4.78, 5) is 0. The Morgan fingerprint density at radius 3 is 2.44 bits per heavy atom. The molecule has 3 nitrogen and oxygen atoms in total. The average Bonchev–Trinajstić information content (AvgIpc) is 3.00. The monoisotopic (exact) mass is 224 g/mol. The summed E-state index contributed by atoms with van der Waals surface area (Å²) in [5.41, 5.74) is 0.238. The molecule has 3 heteroatoms. The van der Waals surface area contributed by atoms with Crippen molar-refractivity contribution in [3.63, 3.8) is 0 Å². The van der Waals surface area contributed by atoms with Crippen molar-refractivity contribution in [2.75, 3.05) is 13.1 Å². The third kappa shape index (κ3) is 3.77. The molecule has 1 aliphatic rings. The number of nitrogens with zero attached hydrogens (tertiary/aromatic N) is 1. The molecule has 0 aromatic rings. The van der Waals surface area contributed by atoms with Gasteiger partial charge >= 0.3 is 0 Å². The van der Waals surface area contributed by atoms with Crippen molar-refractivity contribution in [3.8, 4) is 6.07 Å². The van der Waals surface area contributed by atoms with Crippen LogP contribution in [0.25, 0.3) is 0 Å². The van der Waals surface area contributed by atoms with Gasteiger partial charge in [0.1, 0.15) is 0 Å². The van der Waals surface area contributed by atoms with Gasteiger partial charge in [-0.1, -0.05) is 26.7 Å². The van der Waals surface area contributed by atoms with Crippen LogP contribution in [0.15, 0.2) is 0 Å². The fraction of sp³-hybridized carbons (Fsp3) is 0.923. The molecule has 2 N–H and O–H groups in total. The van der Waals surface area contributed by atoms with E-state index in [1.54, 1.807) is 0 Å². The van der Waals surface area contributed by atoms with Crippen LogP contribution in [0.4, 0.5) is 0 Å². The molecule has 0 radical (unpaired) electrons. The van der Waals surface area contributed by atoms with Gasteiger partial charge in [0.05, 0.1) is 12.2 Å². The van der Waals surface area contributed by atoms with Crippen LogP contribution < -0.4 is 5.32 Å². The zero-order valence-electron chi connectivity index (χ0n) is 10.5. The van der Waals surface area contributed by atoms with E-state index in [1.165, 1.54) is 0 Å². The third-order valence-corrected chi connectivity index (χ3v) is 3.86. The molecule has 0 aliphatic heterocycles. The van der Waals surface area contributed by atoms with Crippen molar-refractivity contribution in [3.05, 3.63) is 0 Å². The lowest BCUT2D eigenvalue weighted by Gasteiger charge is -2.21. The van der Waals surface area contributed by atoms with Crippen molar-refractivity contribution >= 4 is 0 Å². The van der Waals surface area contributed by atoms with E-state index in [4.69, 9.17) is 5.26 Å². The zero-order valence-corrected chi connectivity index (χ0v) is 10.5. The molecule has 1 atom stereocenters. The van der Waals surface area contributed by atoms with Gasteiger partial charge in [-0.25, -0.2) is 0 Å². The molecule has 0 saturated heterocycles. The van der Waals surface area contributed by atoms with Crippen molar-refractivity contribution in [2.24, 2.45) is 11.3 Å². The second-order valence-electron chi connectivity index (χ2n) is 5.11. The number of rotatable bonds is 8. The molecule has 1 saturated carbocycles. The lowest BCUT2D eigenvalue weighted by atomic mass is 9.96. The Bertz CT molecular complexity index is 239. The van der Waals surface area contributed by atoms with Gasteiger partial charge in [-0.3, -0.25) is 0 Å². The molecule has 1 unspecified atom stereocenters. The standard InChI is InChI=1S/C13H24N2O/c1-3-11(4-2)12(16)9-15-10-13(5-6-13)7-8-14/h11-12,15-16H,3-7,9-10H2,1-2H3. The minimum atomic E-state index is -0.243. The van der Waals surface area contributed by atoms with Gasteiger partial charge in [0, 0.05) is 19.5 Å². The molecule has 16 heavy (non-hydrogen) atoms. The van der Waals surface area contributed by atoms with E-state index in [1.807, 2.05) is 0 Å². The summed E-state index contributed by atoms with van der Waals surface area (Å²) in [6.45, 7) is 5.79. The fourth-order valence-corrected chi connectivity index (χ4v) is 2.25. The third-order valence-electron chi connectivity index (χ3n) is 3.86. The SMILES string of the molecule is CCC(CC)C(O)CNCC1(CC#N)CC1. The molecule has 92 valence electrons. The average molecular weight is 224 g/mol. The van der Waals surface area contributed by atoms with Crippen LogP contribution in [0.2, 0.25) is 0 Å². The van der Waals surface area contributed by atoms with Gasteiger partial charge in [0.25, 0.3) is 0 Å². The minimum Gasteiger partial charge on any atom is -0.392 e. The summed E-state index contributed by atoms with van der Waals surface area (Å²) in [7, 11) is 0. The van der Waals surface area contributed by atoms with Crippen LogP contribution in [-0.4, -0.2) is 24.3 Å². The smallest absolute Gasteiger partial charge is 0.0692 e. The highest BCUT2D eigenvalue weighted by atomic mass is 16.3. The maximum absolute atomic E-state index is 9.93. The second-order valence-corrected chi connectivity index (χ2v) is 5.11. The Hall–Kier alpha value is -0.590. The summed E-state index contributed by atoms with van der Waals surface area (Å²) >= 11 is 0. The van der Waals surface area contributed by atoms with E-state index in [-0.39, 0.29) is 11.5 Å². The summed E-state index contributed by atoms with van der Waals surface area (Å²) in [5, 5.41) is 21.9. The highest BCUT2D eigenvalue weighted by Crippen LogP contribution is 2.47. The Kier molecular flexibility index (Phi) is 5.24. The molecule has 0 amide bonds. The zero-order chi connectivity index (χ0) is 12.0. The number of nitriles is 1. The molecule has 0 heterocycles. The van der Waals surface area contributed by atoms with Gasteiger partial charge in [-0.2, -0.15) is 5.26 Å². The molecular weight excluding hydrogens is 200 g/mol. The number of nitrogens with one attached hydrogen (secondary N) is 1. The Morgan fingerprint density at radius 1 is 1.38 bits per heavy atom. The molecule has 0 aromatic heterocycles. The van der Waals surface area contributed by atoms with E-state index in [0.717, 1.165) is 32.2 Å². The van der Waals surface area contributed by atoms with Crippen LogP contribution in [0, 0.1) is 22.7 Å². The van der Waals surface area contributed by atoms with Crippen molar-refractivity contribution in [2.45, 2.75) is 52.1 Å². The van der Waals surface area contributed by atoms with Crippen LogP contribution in [0.1, 0.15) is 46.0 Å². The maximum Gasteiger partial charge on any atom is 0.0692 e. The summed E-state index contributed by atoms with van der Waals surface area (Å²) in [6.07, 6.45) is 4.79. The number of hydrogen-bond acceptors (Lipinski definition) is 3. The van der Waals surface area contributed by atoms with E-state index >= 15 is 0 Å². The molecular formula is C13H24N2O. The van der Waals surface area contributed by atoms with Crippen LogP contribution in [0.3, 0.4) is 0 Å². The first-order valence-corrected chi connectivity index (χ1v) is 6.43. The van der Waals surface area contributed by atoms with Gasteiger partial charge in [-0.05, 0) is 24.2 Å². The first kappa shape index (κ1) is 13.5. The summed E-state index contributed by atoms with van der Waals surface area (Å²) in [6, 6.07) is 2.25. The fourth-order valence-electron chi connectivity index (χ4n) is 2.25. The minimum absolute atomic E-state index is 0.238. The van der Waals surface area contributed by atoms with Crippen LogP contribution in [-0.2, 0) is 0 Å². The predicted molar refractivity (Wildman–Crippen MR) is 64.8 cm³/mol. The highest BCUT2D eigenvalue weighted by molar-refractivity contribution is 5.00. The van der Waals surface area contributed by atoms with Crippen molar-refractivity contribution in [1.29, 1.82) is 5.26 Å². The topological polar surface area (TPSA) is 56.0 Å². The first-order valence-electron chi connectivity index (χ1n) is 6.43. The van der Waals surface area contributed by atoms with Crippen molar-refractivity contribution in [1.82, 2.24) is 5.32 Å². The molecule has 0 bridgehead atoms. The Morgan fingerprint density at radius 2 is 2.00 bits per heavy atom. The lowest BCUT2D eigenvalue weighted by Crippen LogP contribution is -2.35. The number of aliphatic hydroxyl groups is 1. The summed E-state index contributed by atoms with van der Waals surface area (Å²) < 4.78 is 0. The normalized spacial score (nSPS) is 19.4. The maximum atomic E-state index is 9.93. The van der Waals surface area contributed by atoms with E-state index in [0.29, 0.717) is 18.9 Å². The number of aliphatic hydroxyl groups excluding tert-OH is 1. The summed E-state index contributed by atoms with van der Waals surface area (Å²) in [5.74, 6) is 0.401. The van der Waals surface area contributed by atoms with E-state index in [2.05, 4.69) is 25.2 Å². The molecule has 0 spiro atoms.